The Hall–Kier alpha value is -0.940. The summed E-state index contributed by atoms with van der Waals surface area (Å²) < 4.78 is 10.1. The Morgan fingerprint density at radius 3 is 2.94 bits per heavy atom. The highest BCUT2D eigenvalue weighted by molar-refractivity contribution is 4.89. The van der Waals surface area contributed by atoms with Crippen LogP contribution in [0.1, 0.15) is 24.6 Å². The first-order valence-electron chi connectivity index (χ1n) is 5.81. The van der Waals surface area contributed by atoms with Crippen LogP contribution in [0.15, 0.2) is 4.52 Å². The molecule has 0 bridgehead atoms. The molecule has 0 saturated heterocycles. The number of hydrogen-bond donors (Lipinski definition) is 1. The van der Waals surface area contributed by atoms with Gasteiger partial charge in [-0.1, -0.05) is 5.16 Å². The second-order valence-corrected chi connectivity index (χ2v) is 4.33. The Morgan fingerprint density at radius 2 is 2.38 bits per heavy atom. The van der Waals surface area contributed by atoms with Gasteiger partial charge in [0.2, 0.25) is 5.89 Å². The molecule has 0 spiro atoms. The number of aromatic nitrogens is 2. The van der Waals surface area contributed by atoms with Crippen molar-refractivity contribution in [1.82, 2.24) is 15.5 Å². The Bertz CT molecular complexity index is 323. The van der Waals surface area contributed by atoms with E-state index in [2.05, 4.69) is 15.5 Å². The van der Waals surface area contributed by atoms with Gasteiger partial charge in [-0.3, -0.25) is 0 Å². The summed E-state index contributed by atoms with van der Waals surface area (Å²) in [6.45, 7) is 3.47. The molecule has 90 valence electrons. The van der Waals surface area contributed by atoms with Gasteiger partial charge in [-0.25, -0.2) is 0 Å². The Balaban J connectivity index is 1.69. The average molecular weight is 225 g/mol. The van der Waals surface area contributed by atoms with E-state index in [0.717, 1.165) is 31.3 Å². The van der Waals surface area contributed by atoms with E-state index in [1.54, 1.807) is 7.11 Å². The zero-order chi connectivity index (χ0) is 11.4. The molecule has 5 heteroatoms. The van der Waals surface area contributed by atoms with E-state index in [-0.39, 0.29) is 0 Å². The summed E-state index contributed by atoms with van der Waals surface area (Å²) in [5.41, 5.74) is 0. The average Bonchev–Trinajstić information content (AvgIpc) is 3.02. The molecule has 1 heterocycles. The minimum Gasteiger partial charge on any atom is -0.383 e. The van der Waals surface area contributed by atoms with Crippen molar-refractivity contribution >= 4 is 0 Å². The molecule has 16 heavy (non-hydrogen) atoms. The number of hydrogen-bond acceptors (Lipinski definition) is 5. The molecule has 2 rings (SSSR count). The van der Waals surface area contributed by atoms with E-state index in [4.69, 9.17) is 9.26 Å². The molecule has 1 atom stereocenters. The Morgan fingerprint density at radius 1 is 1.56 bits per heavy atom. The lowest BCUT2D eigenvalue weighted by atomic mass is 10.2. The molecule has 0 aromatic carbocycles. The fourth-order valence-corrected chi connectivity index (χ4v) is 1.85. The maximum atomic E-state index is 5.20. The van der Waals surface area contributed by atoms with Crippen molar-refractivity contribution < 1.29 is 9.26 Å². The molecule has 0 amide bonds. The van der Waals surface area contributed by atoms with Crippen LogP contribution < -0.4 is 5.32 Å². The van der Waals surface area contributed by atoms with Gasteiger partial charge < -0.3 is 14.6 Å². The number of ether oxygens (including phenoxy) is 1. The molecular weight excluding hydrogens is 206 g/mol. The Kier molecular flexibility index (Phi) is 3.90. The van der Waals surface area contributed by atoms with Gasteiger partial charge in [0.15, 0.2) is 5.82 Å². The number of rotatable bonds is 7. The molecule has 1 aromatic heterocycles. The minimum atomic E-state index is 0.484. The highest BCUT2D eigenvalue weighted by Crippen LogP contribution is 2.32. The quantitative estimate of drug-likeness (QED) is 0.748. The van der Waals surface area contributed by atoms with Crippen LogP contribution in [0.3, 0.4) is 0 Å². The SMILES string of the molecule is COCC(NCCc1noc(C)n1)C1CC1. The van der Waals surface area contributed by atoms with Gasteiger partial charge in [0.05, 0.1) is 6.61 Å². The number of aryl methyl sites for hydroxylation is 1. The maximum absolute atomic E-state index is 5.20. The van der Waals surface area contributed by atoms with E-state index in [1.807, 2.05) is 6.92 Å². The number of methoxy groups -OCH3 is 1. The molecular formula is C11H19N3O2. The largest absolute Gasteiger partial charge is 0.383 e. The highest BCUT2D eigenvalue weighted by Gasteiger charge is 2.30. The monoisotopic (exact) mass is 225 g/mol. The van der Waals surface area contributed by atoms with Crippen molar-refractivity contribution in [2.75, 3.05) is 20.3 Å². The third-order valence-corrected chi connectivity index (χ3v) is 2.86. The predicted octanol–water partition coefficient (Wildman–Crippen LogP) is 0.935. The van der Waals surface area contributed by atoms with E-state index >= 15 is 0 Å². The normalized spacial score (nSPS) is 17.6. The molecule has 1 unspecified atom stereocenters. The van der Waals surface area contributed by atoms with E-state index in [0.29, 0.717) is 11.9 Å². The summed E-state index contributed by atoms with van der Waals surface area (Å²) in [4.78, 5) is 4.16. The van der Waals surface area contributed by atoms with Gasteiger partial charge in [0.25, 0.3) is 0 Å². The van der Waals surface area contributed by atoms with Gasteiger partial charge in [-0.2, -0.15) is 4.98 Å². The highest BCUT2D eigenvalue weighted by atomic mass is 16.5. The lowest BCUT2D eigenvalue weighted by Crippen LogP contribution is -2.36. The lowest BCUT2D eigenvalue weighted by molar-refractivity contribution is 0.158. The smallest absolute Gasteiger partial charge is 0.223 e. The maximum Gasteiger partial charge on any atom is 0.223 e. The van der Waals surface area contributed by atoms with Crippen LogP contribution in [0.5, 0.6) is 0 Å². The van der Waals surface area contributed by atoms with Gasteiger partial charge >= 0.3 is 0 Å². The topological polar surface area (TPSA) is 60.2 Å². The van der Waals surface area contributed by atoms with Crippen LogP contribution in [0.25, 0.3) is 0 Å². The lowest BCUT2D eigenvalue weighted by Gasteiger charge is -2.16. The first kappa shape index (κ1) is 11.5. The van der Waals surface area contributed by atoms with Gasteiger partial charge in [-0.15, -0.1) is 0 Å². The van der Waals surface area contributed by atoms with Crippen LogP contribution in [0.2, 0.25) is 0 Å². The van der Waals surface area contributed by atoms with Crippen LogP contribution in [-0.4, -0.2) is 36.4 Å². The van der Waals surface area contributed by atoms with Gasteiger partial charge in [0, 0.05) is 33.0 Å². The molecule has 0 radical (unpaired) electrons. The third kappa shape index (κ3) is 3.28. The summed E-state index contributed by atoms with van der Waals surface area (Å²) in [7, 11) is 1.75. The van der Waals surface area contributed by atoms with E-state index in [1.165, 1.54) is 12.8 Å². The first-order valence-corrected chi connectivity index (χ1v) is 5.81. The second-order valence-electron chi connectivity index (χ2n) is 4.33. The molecule has 0 aliphatic heterocycles. The first-order chi connectivity index (χ1) is 7.79. The predicted molar refractivity (Wildman–Crippen MR) is 59.1 cm³/mol. The van der Waals surface area contributed by atoms with Crippen molar-refractivity contribution in [2.45, 2.75) is 32.2 Å². The fraction of sp³-hybridized carbons (Fsp3) is 0.818. The number of nitrogens with zero attached hydrogens (tertiary/aromatic N) is 2. The van der Waals surface area contributed by atoms with Crippen molar-refractivity contribution in [3.63, 3.8) is 0 Å². The van der Waals surface area contributed by atoms with Crippen molar-refractivity contribution in [1.29, 1.82) is 0 Å². The van der Waals surface area contributed by atoms with Crippen LogP contribution >= 0.6 is 0 Å². The van der Waals surface area contributed by atoms with Crippen molar-refractivity contribution in [2.24, 2.45) is 5.92 Å². The van der Waals surface area contributed by atoms with Crippen molar-refractivity contribution in [3.8, 4) is 0 Å². The molecule has 1 aliphatic rings. The molecule has 1 fully saturated rings. The minimum absolute atomic E-state index is 0.484. The van der Waals surface area contributed by atoms with E-state index in [9.17, 15) is 0 Å². The zero-order valence-electron chi connectivity index (χ0n) is 9.90. The van der Waals surface area contributed by atoms with Crippen molar-refractivity contribution in [3.05, 3.63) is 11.7 Å². The molecule has 5 nitrogen and oxygen atoms in total. The van der Waals surface area contributed by atoms with Crippen LogP contribution in [-0.2, 0) is 11.2 Å². The van der Waals surface area contributed by atoms with E-state index < -0.39 is 0 Å². The Labute approximate surface area is 95.6 Å². The summed E-state index contributed by atoms with van der Waals surface area (Å²) in [5, 5.41) is 7.36. The summed E-state index contributed by atoms with van der Waals surface area (Å²) >= 11 is 0. The summed E-state index contributed by atoms with van der Waals surface area (Å²) in [5.74, 6) is 2.20. The molecule has 1 saturated carbocycles. The number of nitrogens with one attached hydrogen (secondary N) is 1. The second kappa shape index (κ2) is 5.41. The standard InChI is InChI=1S/C11H19N3O2/c1-8-13-11(14-16-8)5-6-12-10(7-15-2)9-3-4-9/h9-10,12H,3-7H2,1-2H3. The third-order valence-electron chi connectivity index (χ3n) is 2.86. The van der Waals surface area contributed by atoms with Crippen LogP contribution in [0.4, 0.5) is 0 Å². The molecule has 1 aliphatic carbocycles. The molecule has 1 N–H and O–H groups in total. The van der Waals surface area contributed by atoms with Gasteiger partial charge in [-0.05, 0) is 18.8 Å². The zero-order valence-corrected chi connectivity index (χ0v) is 9.90. The van der Waals surface area contributed by atoms with Crippen LogP contribution in [0, 0.1) is 12.8 Å². The van der Waals surface area contributed by atoms with Gasteiger partial charge in [0.1, 0.15) is 0 Å². The summed E-state index contributed by atoms with van der Waals surface area (Å²) in [6.07, 6.45) is 3.45. The molecule has 1 aromatic rings. The fourth-order valence-electron chi connectivity index (χ4n) is 1.85. The summed E-state index contributed by atoms with van der Waals surface area (Å²) in [6, 6.07) is 0.484.